The first-order valence-corrected chi connectivity index (χ1v) is 9.44. The number of amides is 2. The zero-order valence-electron chi connectivity index (χ0n) is 15.5. The highest BCUT2D eigenvalue weighted by Crippen LogP contribution is 2.34. The second-order valence-electron chi connectivity index (χ2n) is 6.77. The van der Waals surface area contributed by atoms with Gasteiger partial charge in [-0.15, -0.1) is 0 Å². The number of hydrogen-bond donors (Lipinski definition) is 1. The lowest BCUT2D eigenvalue weighted by Gasteiger charge is -2.18. The molecule has 2 atom stereocenters. The van der Waals surface area contributed by atoms with Crippen LogP contribution < -0.4 is 5.32 Å². The Balaban J connectivity index is 1.82. The van der Waals surface area contributed by atoms with Gasteiger partial charge in [-0.1, -0.05) is 23.7 Å². The molecule has 0 aromatic heterocycles. The highest BCUT2D eigenvalue weighted by molar-refractivity contribution is 6.30. The molecule has 0 saturated carbocycles. The van der Waals surface area contributed by atoms with Crippen molar-refractivity contribution in [2.24, 2.45) is 5.92 Å². The Morgan fingerprint density at radius 3 is 2.64 bits per heavy atom. The molecule has 1 fully saturated rings. The molecule has 2 aromatic carbocycles. The maximum atomic E-state index is 13.7. The van der Waals surface area contributed by atoms with Crippen LogP contribution in [0.4, 0.5) is 4.39 Å². The summed E-state index contributed by atoms with van der Waals surface area (Å²) in [5, 5.41) is 3.38. The van der Waals surface area contributed by atoms with Gasteiger partial charge in [-0.3, -0.25) is 9.59 Å². The van der Waals surface area contributed by atoms with Crippen LogP contribution in [0.15, 0.2) is 48.5 Å². The van der Waals surface area contributed by atoms with Gasteiger partial charge in [0.05, 0.1) is 12.5 Å². The molecule has 2 amide bonds. The summed E-state index contributed by atoms with van der Waals surface area (Å²) < 4.78 is 18.7. The quantitative estimate of drug-likeness (QED) is 0.753. The van der Waals surface area contributed by atoms with Crippen LogP contribution in [0.2, 0.25) is 5.02 Å². The molecule has 1 aliphatic heterocycles. The van der Waals surface area contributed by atoms with Crippen molar-refractivity contribution >= 4 is 23.4 Å². The summed E-state index contributed by atoms with van der Waals surface area (Å²) >= 11 is 5.90. The molecule has 148 valence electrons. The van der Waals surface area contributed by atoms with E-state index in [1.807, 2.05) is 0 Å². The fraction of sp³-hybridized carbons (Fsp3) is 0.333. The smallest absolute Gasteiger partial charge is 0.253 e. The number of nitrogens with one attached hydrogen (secondary N) is 1. The van der Waals surface area contributed by atoms with Gasteiger partial charge in [-0.2, -0.15) is 0 Å². The van der Waals surface area contributed by atoms with Crippen LogP contribution in [-0.2, 0) is 9.53 Å². The summed E-state index contributed by atoms with van der Waals surface area (Å²) in [6.45, 7) is 1.39. The van der Waals surface area contributed by atoms with E-state index in [1.165, 1.54) is 12.1 Å². The molecule has 28 heavy (non-hydrogen) atoms. The number of nitrogens with zero attached hydrogens (tertiary/aromatic N) is 1. The molecular formula is C21H22ClFN2O3. The van der Waals surface area contributed by atoms with Gasteiger partial charge < -0.3 is 15.0 Å². The summed E-state index contributed by atoms with van der Waals surface area (Å²) in [5.74, 6) is -1.45. The van der Waals surface area contributed by atoms with E-state index in [-0.39, 0.29) is 30.1 Å². The first kappa shape index (κ1) is 20.3. The summed E-state index contributed by atoms with van der Waals surface area (Å²) in [6, 6.07) is 12.8. The fourth-order valence-corrected chi connectivity index (χ4v) is 3.62. The number of hydrogen-bond acceptors (Lipinski definition) is 3. The van der Waals surface area contributed by atoms with Gasteiger partial charge in [-0.05, 0) is 42.0 Å². The number of carbonyl (C=O) groups is 2. The summed E-state index contributed by atoms with van der Waals surface area (Å²) in [5.41, 5.74) is 1.21. The second-order valence-corrected chi connectivity index (χ2v) is 7.21. The Morgan fingerprint density at radius 2 is 1.96 bits per heavy atom. The molecule has 3 rings (SSSR count). The van der Waals surface area contributed by atoms with Gasteiger partial charge >= 0.3 is 0 Å². The third-order valence-electron chi connectivity index (χ3n) is 4.92. The molecule has 0 radical (unpaired) electrons. The largest absolute Gasteiger partial charge is 0.383 e. The molecule has 1 saturated heterocycles. The third-order valence-corrected chi connectivity index (χ3v) is 5.17. The minimum absolute atomic E-state index is 0.169. The van der Waals surface area contributed by atoms with Gasteiger partial charge in [0.15, 0.2) is 0 Å². The lowest BCUT2D eigenvalue weighted by Crippen LogP contribution is -2.37. The van der Waals surface area contributed by atoms with E-state index in [4.69, 9.17) is 16.3 Å². The summed E-state index contributed by atoms with van der Waals surface area (Å²) in [4.78, 5) is 27.2. The standard InChI is InChI=1S/C21H22ClFN2O3/c1-28-10-9-24-20(26)19-13-25(21(27)14-5-7-16(22)8-6-14)12-18(19)15-3-2-4-17(23)11-15/h2-8,11,18-19H,9-10,12-13H2,1H3,(H,24,26)/t18-,19-/m1/s1. The van der Waals surface area contributed by atoms with Crippen LogP contribution in [-0.4, -0.2) is 50.1 Å². The van der Waals surface area contributed by atoms with Crippen LogP contribution in [0.1, 0.15) is 21.8 Å². The molecule has 0 unspecified atom stereocenters. The molecule has 1 heterocycles. The minimum atomic E-state index is -0.463. The second kappa shape index (κ2) is 9.17. The van der Waals surface area contributed by atoms with Gasteiger partial charge in [0.1, 0.15) is 5.82 Å². The highest BCUT2D eigenvalue weighted by atomic mass is 35.5. The minimum Gasteiger partial charge on any atom is -0.383 e. The number of rotatable bonds is 6. The van der Waals surface area contributed by atoms with Crippen LogP contribution >= 0.6 is 11.6 Å². The molecule has 0 spiro atoms. The van der Waals surface area contributed by atoms with Gasteiger partial charge in [0, 0.05) is 43.2 Å². The van der Waals surface area contributed by atoms with Crippen molar-refractivity contribution in [3.05, 3.63) is 70.5 Å². The lowest BCUT2D eigenvalue weighted by atomic mass is 9.88. The molecule has 0 aliphatic carbocycles. The maximum Gasteiger partial charge on any atom is 0.253 e. The number of benzene rings is 2. The van der Waals surface area contributed by atoms with Crippen molar-refractivity contribution in [1.82, 2.24) is 10.2 Å². The van der Waals surface area contributed by atoms with Crippen molar-refractivity contribution in [2.75, 3.05) is 33.4 Å². The number of carbonyl (C=O) groups excluding carboxylic acids is 2. The number of methoxy groups -OCH3 is 1. The molecular weight excluding hydrogens is 383 g/mol. The molecule has 7 heteroatoms. The Kier molecular flexibility index (Phi) is 6.65. The van der Waals surface area contributed by atoms with Gasteiger partial charge in [-0.25, -0.2) is 4.39 Å². The average Bonchev–Trinajstić information content (AvgIpc) is 3.14. The zero-order valence-corrected chi connectivity index (χ0v) is 16.3. The van der Waals surface area contributed by atoms with E-state index < -0.39 is 5.92 Å². The van der Waals surface area contributed by atoms with Gasteiger partial charge in [0.25, 0.3) is 5.91 Å². The SMILES string of the molecule is COCCNC(=O)[C@@H]1CN(C(=O)c2ccc(Cl)cc2)C[C@@H]1c1cccc(F)c1. The van der Waals surface area contributed by atoms with E-state index in [0.29, 0.717) is 35.8 Å². The summed E-state index contributed by atoms with van der Waals surface area (Å²) in [7, 11) is 1.56. The molecule has 2 aromatic rings. The predicted molar refractivity (Wildman–Crippen MR) is 105 cm³/mol. The normalized spacial score (nSPS) is 18.9. The Hall–Kier alpha value is -2.44. The first-order valence-electron chi connectivity index (χ1n) is 9.06. The van der Waals surface area contributed by atoms with Crippen molar-refractivity contribution in [3.8, 4) is 0 Å². The van der Waals surface area contributed by atoms with Crippen molar-refractivity contribution in [1.29, 1.82) is 0 Å². The lowest BCUT2D eigenvalue weighted by molar-refractivity contribution is -0.125. The highest BCUT2D eigenvalue weighted by Gasteiger charge is 2.40. The Bertz CT molecular complexity index is 844. The van der Waals surface area contributed by atoms with Crippen molar-refractivity contribution in [3.63, 3.8) is 0 Å². The number of ether oxygens (including phenoxy) is 1. The van der Waals surface area contributed by atoms with E-state index in [2.05, 4.69) is 5.32 Å². The topological polar surface area (TPSA) is 58.6 Å². The van der Waals surface area contributed by atoms with Crippen LogP contribution in [0, 0.1) is 11.7 Å². The van der Waals surface area contributed by atoms with Crippen LogP contribution in [0.5, 0.6) is 0 Å². The Morgan fingerprint density at radius 1 is 1.21 bits per heavy atom. The monoisotopic (exact) mass is 404 g/mol. The molecule has 1 N–H and O–H groups in total. The average molecular weight is 405 g/mol. The predicted octanol–water partition coefficient (Wildman–Crippen LogP) is 3.10. The molecule has 5 nitrogen and oxygen atoms in total. The van der Waals surface area contributed by atoms with E-state index in [9.17, 15) is 14.0 Å². The van der Waals surface area contributed by atoms with Crippen LogP contribution in [0.3, 0.4) is 0 Å². The first-order chi connectivity index (χ1) is 13.5. The van der Waals surface area contributed by atoms with E-state index in [0.717, 1.165) is 0 Å². The van der Waals surface area contributed by atoms with Crippen LogP contribution in [0.25, 0.3) is 0 Å². The Labute approximate surface area is 168 Å². The van der Waals surface area contributed by atoms with Gasteiger partial charge in [0.2, 0.25) is 5.91 Å². The van der Waals surface area contributed by atoms with Crippen molar-refractivity contribution in [2.45, 2.75) is 5.92 Å². The number of halogens is 2. The maximum absolute atomic E-state index is 13.7. The summed E-state index contributed by atoms with van der Waals surface area (Å²) in [6.07, 6.45) is 0. The zero-order chi connectivity index (χ0) is 20.1. The number of likely N-dealkylation sites (tertiary alicyclic amines) is 1. The van der Waals surface area contributed by atoms with E-state index >= 15 is 0 Å². The van der Waals surface area contributed by atoms with Crippen molar-refractivity contribution < 1.29 is 18.7 Å². The van der Waals surface area contributed by atoms with E-state index in [1.54, 1.807) is 48.4 Å². The molecule has 1 aliphatic rings. The third kappa shape index (κ3) is 4.69. The fourth-order valence-electron chi connectivity index (χ4n) is 3.49. The molecule has 0 bridgehead atoms.